The highest BCUT2D eigenvalue weighted by Crippen LogP contribution is 2.19. The lowest BCUT2D eigenvalue weighted by molar-refractivity contribution is -0.129. The first kappa shape index (κ1) is 14.4. The normalized spacial score (nSPS) is 9.58. The lowest BCUT2D eigenvalue weighted by Gasteiger charge is -2.09. The zero-order chi connectivity index (χ0) is 14.4. The topological polar surface area (TPSA) is 105 Å². The number of carboxylic acid groups (broad SMARTS) is 1. The van der Waals surface area contributed by atoms with Crippen molar-refractivity contribution in [3.8, 4) is 5.75 Å². The molecule has 2 amide bonds. The van der Waals surface area contributed by atoms with Crippen molar-refractivity contribution < 1.29 is 28.6 Å². The van der Waals surface area contributed by atoms with Crippen molar-refractivity contribution in [1.82, 2.24) is 10.9 Å². The van der Waals surface area contributed by atoms with Crippen LogP contribution in [-0.2, 0) is 9.59 Å². The number of carbonyl (C=O) groups excluding carboxylic acids is 2. The number of carbonyl (C=O) groups is 3. The Labute approximate surface area is 107 Å². The maximum Gasteiger partial charge on any atom is 0.339 e. The second-order valence-corrected chi connectivity index (χ2v) is 3.46. The Morgan fingerprint density at radius 2 is 2.00 bits per heavy atom. The van der Waals surface area contributed by atoms with E-state index in [4.69, 9.17) is 9.84 Å². The fourth-order valence-electron chi connectivity index (χ4n) is 1.13. The molecule has 102 valence electrons. The van der Waals surface area contributed by atoms with Gasteiger partial charge >= 0.3 is 5.97 Å². The number of benzene rings is 1. The van der Waals surface area contributed by atoms with E-state index in [1.54, 1.807) is 0 Å². The van der Waals surface area contributed by atoms with Gasteiger partial charge in [-0.2, -0.15) is 0 Å². The van der Waals surface area contributed by atoms with Gasteiger partial charge in [0, 0.05) is 13.0 Å². The first-order valence-corrected chi connectivity index (χ1v) is 5.11. The van der Waals surface area contributed by atoms with Crippen molar-refractivity contribution in [1.29, 1.82) is 0 Å². The maximum atomic E-state index is 13.0. The summed E-state index contributed by atoms with van der Waals surface area (Å²) in [5, 5.41) is 8.84. The van der Waals surface area contributed by atoms with E-state index in [1.807, 2.05) is 10.9 Å². The maximum absolute atomic E-state index is 13.0. The number of hydrazine groups is 1. The van der Waals surface area contributed by atoms with Crippen LogP contribution in [0, 0.1) is 5.82 Å². The van der Waals surface area contributed by atoms with Crippen molar-refractivity contribution in [2.24, 2.45) is 0 Å². The van der Waals surface area contributed by atoms with Crippen LogP contribution in [0.2, 0.25) is 0 Å². The molecule has 8 heteroatoms. The van der Waals surface area contributed by atoms with E-state index in [0.717, 1.165) is 18.2 Å². The summed E-state index contributed by atoms with van der Waals surface area (Å²) in [4.78, 5) is 32.5. The van der Waals surface area contributed by atoms with Crippen molar-refractivity contribution in [2.45, 2.75) is 6.92 Å². The number of ether oxygens (including phenoxy) is 1. The molecule has 0 aliphatic carbocycles. The van der Waals surface area contributed by atoms with Crippen LogP contribution in [0.5, 0.6) is 5.75 Å². The Hall–Kier alpha value is -2.64. The summed E-state index contributed by atoms with van der Waals surface area (Å²) < 4.78 is 17.8. The molecule has 7 nitrogen and oxygen atoms in total. The number of rotatable bonds is 4. The molecule has 0 saturated carbocycles. The van der Waals surface area contributed by atoms with Gasteiger partial charge < -0.3 is 9.84 Å². The molecule has 1 aromatic carbocycles. The van der Waals surface area contributed by atoms with Crippen molar-refractivity contribution in [3.05, 3.63) is 29.6 Å². The van der Waals surface area contributed by atoms with Gasteiger partial charge in [-0.3, -0.25) is 20.4 Å². The van der Waals surface area contributed by atoms with Crippen LogP contribution in [0.3, 0.4) is 0 Å². The molecule has 0 saturated heterocycles. The van der Waals surface area contributed by atoms with Crippen LogP contribution in [0.25, 0.3) is 0 Å². The van der Waals surface area contributed by atoms with Gasteiger partial charge in [0.2, 0.25) is 5.91 Å². The Kier molecular flexibility index (Phi) is 4.81. The smallest absolute Gasteiger partial charge is 0.339 e. The van der Waals surface area contributed by atoms with Gasteiger partial charge in [0.25, 0.3) is 5.91 Å². The fraction of sp³-hybridized carbons (Fsp3) is 0.182. The Morgan fingerprint density at radius 1 is 1.32 bits per heavy atom. The van der Waals surface area contributed by atoms with E-state index in [2.05, 4.69) is 0 Å². The standard InChI is InChI=1S/C11H11FN2O5/c1-6(15)13-14-10(16)5-19-9-4-7(12)2-3-8(9)11(17)18/h2-4H,5H2,1H3,(H,13,15)(H,14,16)(H,17,18). The van der Waals surface area contributed by atoms with Crippen LogP contribution >= 0.6 is 0 Å². The van der Waals surface area contributed by atoms with Crippen LogP contribution in [0.4, 0.5) is 4.39 Å². The highest BCUT2D eigenvalue weighted by Gasteiger charge is 2.13. The molecule has 0 heterocycles. The predicted molar refractivity (Wildman–Crippen MR) is 60.8 cm³/mol. The van der Waals surface area contributed by atoms with E-state index in [0.29, 0.717) is 0 Å². The van der Waals surface area contributed by atoms with Gasteiger partial charge in [0.15, 0.2) is 6.61 Å². The molecule has 3 N–H and O–H groups in total. The predicted octanol–water partition coefficient (Wildman–Crippen LogP) is 0.0700. The number of amides is 2. The summed E-state index contributed by atoms with van der Waals surface area (Å²) in [5.41, 5.74) is 3.76. The van der Waals surface area contributed by atoms with Crippen molar-refractivity contribution in [3.63, 3.8) is 0 Å². The van der Waals surface area contributed by atoms with Gasteiger partial charge in [0.1, 0.15) is 17.1 Å². The third-order valence-electron chi connectivity index (χ3n) is 1.91. The van der Waals surface area contributed by atoms with Crippen LogP contribution in [0.15, 0.2) is 18.2 Å². The SMILES string of the molecule is CC(=O)NNC(=O)COc1cc(F)ccc1C(=O)O. The molecule has 0 unspecified atom stereocenters. The average molecular weight is 270 g/mol. The molecule has 0 atom stereocenters. The molecule has 1 rings (SSSR count). The zero-order valence-electron chi connectivity index (χ0n) is 9.90. The molecule has 0 radical (unpaired) electrons. The first-order valence-electron chi connectivity index (χ1n) is 5.11. The molecule has 0 fully saturated rings. The molecular formula is C11H11FN2O5. The number of aromatic carboxylic acids is 1. The number of carboxylic acids is 1. The third kappa shape index (κ3) is 4.62. The highest BCUT2D eigenvalue weighted by molar-refractivity contribution is 5.91. The molecule has 0 bridgehead atoms. The van der Waals surface area contributed by atoms with Gasteiger partial charge in [0.05, 0.1) is 0 Å². The van der Waals surface area contributed by atoms with Crippen molar-refractivity contribution in [2.75, 3.05) is 6.61 Å². The van der Waals surface area contributed by atoms with E-state index in [9.17, 15) is 18.8 Å². The summed E-state index contributed by atoms with van der Waals surface area (Å²) in [6, 6.07) is 2.85. The minimum Gasteiger partial charge on any atom is -0.483 e. The van der Waals surface area contributed by atoms with Crippen LogP contribution in [-0.4, -0.2) is 29.5 Å². The average Bonchev–Trinajstić information content (AvgIpc) is 2.33. The molecule has 0 aliphatic heterocycles. The Morgan fingerprint density at radius 3 is 2.58 bits per heavy atom. The summed E-state index contributed by atoms with van der Waals surface area (Å²) in [7, 11) is 0. The number of hydrogen-bond donors (Lipinski definition) is 3. The fourth-order valence-corrected chi connectivity index (χ4v) is 1.13. The lowest BCUT2D eigenvalue weighted by Crippen LogP contribution is -2.42. The minimum atomic E-state index is -1.31. The summed E-state index contributed by atoms with van der Waals surface area (Å²) in [5.74, 6) is -3.47. The molecule has 0 aromatic heterocycles. The van der Waals surface area contributed by atoms with E-state index in [-0.39, 0.29) is 11.3 Å². The summed E-state index contributed by atoms with van der Waals surface area (Å²) in [6.07, 6.45) is 0. The largest absolute Gasteiger partial charge is 0.483 e. The summed E-state index contributed by atoms with van der Waals surface area (Å²) in [6.45, 7) is 0.625. The van der Waals surface area contributed by atoms with Gasteiger partial charge in [-0.25, -0.2) is 9.18 Å². The van der Waals surface area contributed by atoms with Crippen molar-refractivity contribution >= 4 is 17.8 Å². The van der Waals surface area contributed by atoms with Crippen LogP contribution in [0.1, 0.15) is 17.3 Å². The molecular weight excluding hydrogens is 259 g/mol. The molecule has 1 aromatic rings. The third-order valence-corrected chi connectivity index (χ3v) is 1.91. The highest BCUT2D eigenvalue weighted by atomic mass is 19.1. The van der Waals surface area contributed by atoms with E-state index < -0.39 is 30.2 Å². The summed E-state index contributed by atoms with van der Waals surface area (Å²) >= 11 is 0. The monoisotopic (exact) mass is 270 g/mol. The number of halogens is 1. The Balaban J connectivity index is 2.66. The lowest BCUT2D eigenvalue weighted by atomic mass is 10.2. The van der Waals surface area contributed by atoms with Gasteiger partial charge in [-0.05, 0) is 12.1 Å². The number of nitrogens with one attached hydrogen (secondary N) is 2. The molecule has 0 aliphatic rings. The van der Waals surface area contributed by atoms with E-state index in [1.165, 1.54) is 6.92 Å². The minimum absolute atomic E-state index is 0.270. The quantitative estimate of drug-likeness (QED) is 0.671. The number of hydrogen-bond acceptors (Lipinski definition) is 4. The second kappa shape index (κ2) is 6.34. The Bertz CT molecular complexity index is 518. The second-order valence-electron chi connectivity index (χ2n) is 3.46. The van der Waals surface area contributed by atoms with E-state index >= 15 is 0 Å². The van der Waals surface area contributed by atoms with Crippen LogP contribution < -0.4 is 15.6 Å². The molecule has 0 spiro atoms. The van der Waals surface area contributed by atoms with Gasteiger partial charge in [-0.1, -0.05) is 0 Å². The molecule has 19 heavy (non-hydrogen) atoms. The first-order chi connectivity index (χ1) is 8.90. The van der Waals surface area contributed by atoms with Gasteiger partial charge in [-0.15, -0.1) is 0 Å². The zero-order valence-corrected chi connectivity index (χ0v) is 9.90.